The second-order valence-electron chi connectivity index (χ2n) is 5.81. The Kier molecular flexibility index (Phi) is 16.9. The van der Waals surface area contributed by atoms with Gasteiger partial charge in [-0.25, -0.2) is 4.79 Å². The molecule has 0 heterocycles. The van der Waals surface area contributed by atoms with E-state index in [0.29, 0.717) is 5.75 Å². The van der Waals surface area contributed by atoms with Crippen LogP contribution in [0.5, 0.6) is 5.75 Å². The van der Waals surface area contributed by atoms with Crippen LogP contribution in [0.15, 0.2) is 24.3 Å². The first kappa shape index (κ1) is 24.7. The monoisotopic (exact) mass is 338 g/mol. The van der Waals surface area contributed by atoms with Crippen LogP contribution in [0, 0.1) is 5.92 Å². The van der Waals surface area contributed by atoms with E-state index in [1.54, 1.807) is 12.1 Å². The predicted molar refractivity (Wildman–Crippen MR) is 104 cm³/mol. The molecule has 0 bridgehead atoms. The van der Waals surface area contributed by atoms with Gasteiger partial charge in [-0.05, 0) is 37.0 Å². The third-order valence-corrected chi connectivity index (χ3v) is 3.38. The van der Waals surface area contributed by atoms with E-state index in [1.807, 2.05) is 46.8 Å². The number of benzene rings is 1. The Morgan fingerprint density at radius 3 is 1.79 bits per heavy atom. The van der Waals surface area contributed by atoms with E-state index in [2.05, 4.69) is 20.8 Å². The minimum atomic E-state index is -0.639. The van der Waals surface area contributed by atoms with E-state index in [9.17, 15) is 4.79 Å². The lowest BCUT2D eigenvalue weighted by Crippen LogP contribution is -2.22. The molecule has 0 saturated heterocycles. The number of hydrogen-bond acceptors (Lipinski definition) is 3. The van der Waals surface area contributed by atoms with Gasteiger partial charge in [-0.2, -0.15) is 0 Å². The van der Waals surface area contributed by atoms with Crippen molar-refractivity contribution >= 4 is 6.16 Å². The number of carbonyl (C=O) groups excluding carboxylic acids is 1. The summed E-state index contributed by atoms with van der Waals surface area (Å²) in [5, 5.41) is 0. The number of aryl methyl sites for hydroxylation is 1. The molecular weight excluding hydrogens is 300 g/mol. The Bertz CT molecular complexity index is 394. The highest BCUT2D eigenvalue weighted by Crippen LogP contribution is 2.15. The molecule has 1 aromatic rings. The summed E-state index contributed by atoms with van der Waals surface area (Å²) in [6.45, 7) is 16.3. The maximum atomic E-state index is 11.5. The van der Waals surface area contributed by atoms with E-state index in [4.69, 9.17) is 9.47 Å². The molecule has 0 aliphatic heterocycles. The molecule has 0 aliphatic rings. The Balaban J connectivity index is 0. The third kappa shape index (κ3) is 13.0. The number of carbonyl (C=O) groups is 1. The molecule has 1 aromatic carbocycles. The average molecular weight is 339 g/mol. The Labute approximate surface area is 149 Å². The topological polar surface area (TPSA) is 35.5 Å². The Hall–Kier alpha value is -1.51. The van der Waals surface area contributed by atoms with Crippen molar-refractivity contribution in [2.75, 3.05) is 0 Å². The second-order valence-corrected chi connectivity index (χ2v) is 5.81. The van der Waals surface area contributed by atoms with Gasteiger partial charge in [0.1, 0.15) is 11.9 Å². The fourth-order valence-corrected chi connectivity index (χ4v) is 1.42. The molecule has 0 radical (unpaired) electrons. The largest absolute Gasteiger partial charge is 0.514 e. The fraction of sp³-hybridized carbons (Fsp3) is 0.667. The van der Waals surface area contributed by atoms with Crippen molar-refractivity contribution in [3.63, 3.8) is 0 Å². The summed E-state index contributed by atoms with van der Waals surface area (Å²) in [7, 11) is 0. The van der Waals surface area contributed by atoms with Crippen molar-refractivity contribution in [2.45, 2.75) is 87.2 Å². The first-order chi connectivity index (χ1) is 11.4. The van der Waals surface area contributed by atoms with Gasteiger partial charge in [0.25, 0.3) is 0 Å². The molecule has 1 atom stereocenters. The van der Waals surface area contributed by atoms with Crippen LogP contribution < -0.4 is 4.74 Å². The molecule has 0 N–H and O–H groups in total. The molecule has 1 rings (SSSR count). The molecular formula is C21H38O3. The van der Waals surface area contributed by atoms with Crippen molar-refractivity contribution in [2.24, 2.45) is 5.92 Å². The number of rotatable bonds is 6. The standard InChI is InChI=1S/C15H22O3.C4H10.C2H6/c1-5-6-13-7-9-14(10-8-13)18-15(16)17-12(4)11(2)3;1-3-4-2;1-2/h7-12H,5-6H2,1-4H3;3-4H2,1-2H3;1-2H3. The lowest BCUT2D eigenvalue weighted by molar-refractivity contribution is 0.0466. The number of unbranched alkanes of at least 4 members (excludes halogenated alkanes) is 1. The first-order valence-corrected chi connectivity index (χ1v) is 9.41. The van der Waals surface area contributed by atoms with Crippen LogP contribution in [0.3, 0.4) is 0 Å². The highest BCUT2D eigenvalue weighted by atomic mass is 16.7. The molecule has 0 aliphatic carbocycles. The van der Waals surface area contributed by atoms with Gasteiger partial charge in [0.05, 0.1) is 0 Å². The summed E-state index contributed by atoms with van der Waals surface area (Å²) in [6, 6.07) is 7.54. The molecule has 140 valence electrons. The molecule has 1 unspecified atom stereocenters. The summed E-state index contributed by atoms with van der Waals surface area (Å²) in [5.41, 5.74) is 1.24. The van der Waals surface area contributed by atoms with Crippen LogP contribution in [0.4, 0.5) is 4.79 Å². The average Bonchev–Trinajstić information content (AvgIpc) is 2.58. The lowest BCUT2D eigenvalue weighted by Gasteiger charge is -2.16. The van der Waals surface area contributed by atoms with Gasteiger partial charge in [0, 0.05) is 0 Å². The Morgan fingerprint density at radius 1 is 0.917 bits per heavy atom. The van der Waals surface area contributed by atoms with Gasteiger partial charge in [-0.1, -0.05) is 79.9 Å². The van der Waals surface area contributed by atoms with E-state index in [0.717, 1.165) is 12.8 Å². The first-order valence-electron chi connectivity index (χ1n) is 9.41. The quantitative estimate of drug-likeness (QED) is 0.412. The SMILES string of the molecule is CC.CCCC.CCCc1ccc(OC(=O)OC(C)C(C)C)cc1. The Morgan fingerprint density at radius 2 is 1.42 bits per heavy atom. The zero-order chi connectivity index (χ0) is 19.0. The van der Waals surface area contributed by atoms with Crippen LogP contribution >= 0.6 is 0 Å². The second kappa shape index (κ2) is 16.4. The number of hydrogen-bond donors (Lipinski definition) is 0. The summed E-state index contributed by atoms with van der Waals surface area (Å²) < 4.78 is 10.2. The van der Waals surface area contributed by atoms with Crippen molar-refractivity contribution in [3.05, 3.63) is 29.8 Å². The number of ether oxygens (including phenoxy) is 2. The van der Waals surface area contributed by atoms with Crippen LogP contribution in [0.2, 0.25) is 0 Å². The van der Waals surface area contributed by atoms with Crippen molar-refractivity contribution in [3.8, 4) is 5.75 Å². The minimum Gasteiger partial charge on any atom is -0.431 e. The van der Waals surface area contributed by atoms with Gasteiger partial charge in [0.15, 0.2) is 0 Å². The summed E-state index contributed by atoms with van der Waals surface area (Å²) in [6.07, 6.45) is 4.00. The summed E-state index contributed by atoms with van der Waals surface area (Å²) in [5.74, 6) is 0.806. The maximum absolute atomic E-state index is 11.5. The molecule has 0 amide bonds. The van der Waals surface area contributed by atoms with Gasteiger partial charge in [-0.3, -0.25) is 0 Å². The summed E-state index contributed by atoms with van der Waals surface area (Å²) in [4.78, 5) is 11.5. The molecule has 0 fully saturated rings. The predicted octanol–water partition coefficient (Wildman–Crippen LogP) is 7.03. The molecule has 0 spiro atoms. The highest BCUT2D eigenvalue weighted by Gasteiger charge is 2.14. The van der Waals surface area contributed by atoms with E-state index in [-0.39, 0.29) is 12.0 Å². The lowest BCUT2D eigenvalue weighted by atomic mass is 10.1. The smallest absolute Gasteiger partial charge is 0.431 e. The molecule has 0 saturated carbocycles. The maximum Gasteiger partial charge on any atom is 0.514 e. The van der Waals surface area contributed by atoms with Gasteiger partial charge in [-0.15, -0.1) is 0 Å². The fourth-order valence-electron chi connectivity index (χ4n) is 1.42. The van der Waals surface area contributed by atoms with E-state index >= 15 is 0 Å². The third-order valence-electron chi connectivity index (χ3n) is 3.38. The summed E-state index contributed by atoms with van der Waals surface area (Å²) >= 11 is 0. The normalized spacial score (nSPS) is 10.7. The van der Waals surface area contributed by atoms with Crippen molar-refractivity contribution in [1.29, 1.82) is 0 Å². The minimum absolute atomic E-state index is 0.142. The molecule has 3 heteroatoms. The highest BCUT2D eigenvalue weighted by molar-refractivity contribution is 5.64. The van der Waals surface area contributed by atoms with Crippen molar-refractivity contribution < 1.29 is 14.3 Å². The zero-order valence-corrected chi connectivity index (χ0v) is 17.0. The molecule has 24 heavy (non-hydrogen) atoms. The van der Waals surface area contributed by atoms with Crippen LogP contribution in [-0.4, -0.2) is 12.3 Å². The van der Waals surface area contributed by atoms with Gasteiger partial charge >= 0.3 is 6.16 Å². The molecule has 3 nitrogen and oxygen atoms in total. The van der Waals surface area contributed by atoms with Gasteiger partial charge < -0.3 is 9.47 Å². The van der Waals surface area contributed by atoms with Crippen molar-refractivity contribution in [1.82, 2.24) is 0 Å². The van der Waals surface area contributed by atoms with E-state index < -0.39 is 6.16 Å². The van der Waals surface area contributed by atoms with E-state index in [1.165, 1.54) is 18.4 Å². The van der Waals surface area contributed by atoms with Crippen LogP contribution in [-0.2, 0) is 11.2 Å². The molecule has 0 aromatic heterocycles. The van der Waals surface area contributed by atoms with Gasteiger partial charge in [0.2, 0.25) is 0 Å². The van der Waals surface area contributed by atoms with Crippen LogP contribution in [0.25, 0.3) is 0 Å². The van der Waals surface area contributed by atoms with Crippen LogP contribution in [0.1, 0.15) is 80.2 Å². The zero-order valence-electron chi connectivity index (χ0n) is 17.0.